The van der Waals surface area contributed by atoms with E-state index >= 15 is 0 Å². The average Bonchev–Trinajstić information content (AvgIpc) is 2.46. The lowest BCUT2D eigenvalue weighted by molar-refractivity contribution is 0.617. The maximum atomic E-state index is 13.5. The monoisotopic (exact) mass is 311 g/mol. The summed E-state index contributed by atoms with van der Waals surface area (Å²) in [5, 5.41) is 3.62. The molecule has 0 saturated carbocycles. The van der Waals surface area contributed by atoms with E-state index in [2.05, 4.69) is 15.3 Å². The number of nitrogens with zero attached hydrogens (tertiary/aromatic N) is 2. The maximum absolute atomic E-state index is 13.5. The molecule has 2 rings (SSSR count). The molecule has 106 valence electrons. The van der Waals surface area contributed by atoms with Crippen LogP contribution in [0.5, 0.6) is 0 Å². The van der Waals surface area contributed by atoms with E-state index < -0.39 is 0 Å². The number of rotatable bonds is 7. The molecular weight excluding hydrogens is 297 g/mol. The van der Waals surface area contributed by atoms with Gasteiger partial charge in [-0.1, -0.05) is 17.7 Å². The van der Waals surface area contributed by atoms with Gasteiger partial charge in [-0.15, -0.1) is 0 Å². The molecule has 1 N–H and O–H groups in total. The molecule has 0 amide bonds. The van der Waals surface area contributed by atoms with Crippen LogP contribution in [0.3, 0.4) is 0 Å². The van der Waals surface area contributed by atoms with E-state index in [4.69, 9.17) is 11.6 Å². The molecule has 0 unspecified atom stereocenters. The van der Waals surface area contributed by atoms with Crippen molar-refractivity contribution in [2.75, 3.05) is 17.6 Å². The highest BCUT2D eigenvalue weighted by atomic mass is 35.5. The van der Waals surface area contributed by atoms with E-state index in [0.29, 0.717) is 22.3 Å². The predicted molar refractivity (Wildman–Crippen MR) is 82.7 cm³/mol. The van der Waals surface area contributed by atoms with Crippen LogP contribution in [0.15, 0.2) is 36.7 Å². The van der Waals surface area contributed by atoms with Gasteiger partial charge in [0.15, 0.2) is 0 Å². The minimum absolute atomic E-state index is 0.235. The molecule has 0 aliphatic heterocycles. The van der Waals surface area contributed by atoms with Gasteiger partial charge < -0.3 is 5.32 Å². The molecule has 0 saturated heterocycles. The Morgan fingerprint density at radius 3 is 2.75 bits per heavy atom. The first kappa shape index (κ1) is 15.1. The van der Waals surface area contributed by atoms with Crippen molar-refractivity contribution in [3.63, 3.8) is 0 Å². The summed E-state index contributed by atoms with van der Waals surface area (Å²) >= 11 is 7.63. The molecule has 1 aromatic heterocycles. The van der Waals surface area contributed by atoms with Gasteiger partial charge in [-0.05, 0) is 30.4 Å². The van der Waals surface area contributed by atoms with E-state index in [9.17, 15) is 4.39 Å². The highest BCUT2D eigenvalue weighted by Crippen LogP contribution is 2.24. The van der Waals surface area contributed by atoms with Crippen molar-refractivity contribution >= 4 is 29.3 Å². The maximum Gasteiger partial charge on any atom is 0.222 e. The number of nitrogens with one attached hydrogen (secondary N) is 1. The van der Waals surface area contributed by atoms with Crippen LogP contribution in [0.2, 0.25) is 5.02 Å². The summed E-state index contributed by atoms with van der Waals surface area (Å²) in [5.74, 6) is 1.91. The molecule has 0 bridgehead atoms. The zero-order valence-electron chi connectivity index (χ0n) is 10.9. The second kappa shape index (κ2) is 8.07. The fraction of sp³-hybridized carbons (Fsp3) is 0.286. The number of benzene rings is 1. The smallest absolute Gasteiger partial charge is 0.222 e. The standard InChI is InChI=1S/C14H15ClFN3S/c15-12-4-1-5-13(16)11(12)10-20-9-3-8-19-14-17-6-2-7-18-14/h1-2,4-7H,3,8-10H2,(H,17,18,19). The zero-order valence-corrected chi connectivity index (χ0v) is 12.4. The summed E-state index contributed by atoms with van der Waals surface area (Å²) in [7, 11) is 0. The molecule has 0 radical (unpaired) electrons. The zero-order chi connectivity index (χ0) is 14.2. The van der Waals surface area contributed by atoms with Crippen LogP contribution in [0, 0.1) is 5.82 Å². The number of hydrogen-bond acceptors (Lipinski definition) is 4. The lowest BCUT2D eigenvalue weighted by Gasteiger charge is -2.06. The Kier molecular flexibility index (Phi) is 6.08. The van der Waals surface area contributed by atoms with Crippen LogP contribution in [-0.4, -0.2) is 22.3 Å². The van der Waals surface area contributed by atoms with Crippen molar-refractivity contribution in [3.05, 3.63) is 53.1 Å². The van der Waals surface area contributed by atoms with E-state index in [1.165, 1.54) is 6.07 Å². The molecular formula is C14H15ClFN3S. The SMILES string of the molecule is Fc1cccc(Cl)c1CSCCCNc1ncccn1. The number of thioether (sulfide) groups is 1. The molecule has 0 aliphatic carbocycles. The molecule has 0 aliphatic rings. The Balaban J connectivity index is 1.65. The minimum Gasteiger partial charge on any atom is -0.354 e. The molecule has 2 aromatic rings. The third kappa shape index (κ3) is 4.65. The number of anilines is 1. The van der Waals surface area contributed by atoms with Gasteiger partial charge in [0.1, 0.15) is 5.82 Å². The molecule has 1 heterocycles. The molecule has 0 fully saturated rings. The third-order valence-corrected chi connectivity index (χ3v) is 4.05. The summed E-state index contributed by atoms with van der Waals surface area (Å²) in [6, 6.07) is 6.56. The van der Waals surface area contributed by atoms with Crippen molar-refractivity contribution in [1.82, 2.24) is 9.97 Å². The van der Waals surface area contributed by atoms with E-state index in [1.807, 2.05) is 0 Å². The highest BCUT2D eigenvalue weighted by Gasteiger charge is 2.06. The Labute approximate surface area is 127 Å². The third-order valence-electron chi connectivity index (χ3n) is 2.62. The average molecular weight is 312 g/mol. The molecule has 0 spiro atoms. The Bertz CT molecular complexity index is 519. The van der Waals surface area contributed by atoms with Crippen LogP contribution >= 0.6 is 23.4 Å². The predicted octanol–water partition coefficient (Wildman–Crippen LogP) is 4.00. The van der Waals surface area contributed by atoms with Crippen molar-refractivity contribution in [3.8, 4) is 0 Å². The second-order valence-electron chi connectivity index (χ2n) is 4.11. The first-order chi connectivity index (χ1) is 9.77. The number of aromatic nitrogens is 2. The van der Waals surface area contributed by atoms with Gasteiger partial charge >= 0.3 is 0 Å². The highest BCUT2D eigenvalue weighted by molar-refractivity contribution is 7.98. The van der Waals surface area contributed by atoms with Gasteiger partial charge in [0.05, 0.1) is 0 Å². The van der Waals surface area contributed by atoms with Crippen LogP contribution in [0.1, 0.15) is 12.0 Å². The van der Waals surface area contributed by atoms with Crippen molar-refractivity contribution < 1.29 is 4.39 Å². The van der Waals surface area contributed by atoms with Gasteiger partial charge in [0, 0.05) is 35.3 Å². The van der Waals surface area contributed by atoms with Crippen LogP contribution in [0.25, 0.3) is 0 Å². The largest absolute Gasteiger partial charge is 0.354 e. The first-order valence-electron chi connectivity index (χ1n) is 6.29. The molecule has 20 heavy (non-hydrogen) atoms. The fourth-order valence-electron chi connectivity index (χ4n) is 1.61. The Hall–Kier alpha value is -1.33. The van der Waals surface area contributed by atoms with Crippen molar-refractivity contribution in [2.24, 2.45) is 0 Å². The van der Waals surface area contributed by atoms with Crippen molar-refractivity contribution in [2.45, 2.75) is 12.2 Å². The fourth-order valence-corrected chi connectivity index (χ4v) is 2.91. The van der Waals surface area contributed by atoms with E-state index in [1.54, 1.807) is 42.4 Å². The van der Waals surface area contributed by atoms with Crippen LogP contribution in [0.4, 0.5) is 10.3 Å². The number of halogens is 2. The molecule has 3 nitrogen and oxygen atoms in total. The van der Waals surface area contributed by atoms with Gasteiger partial charge in [-0.2, -0.15) is 11.8 Å². The molecule has 1 aromatic carbocycles. The lowest BCUT2D eigenvalue weighted by Crippen LogP contribution is -2.05. The second-order valence-corrected chi connectivity index (χ2v) is 5.62. The van der Waals surface area contributed by atoms with Crippen LogP contribution in [-0.2, 0) is 5.75 Å². The van der Waals surface area contributed by atoms with Crippen molar-refractivity contribution in [1.29, 1.82) is 0 Å². The quantitative estimate of drug-likeness (QED) is 0.784. The van der Waals surface area contributed by atoms with E-state index in [0.717, 1.165) is 18.7 Å². The van der Waals surface area contributed by atoms with Gasteiger partial charge in [-0.3, -0.25) is 0 Å². The summed E-state index contributed by atoms with van der Waals surface area (Å²) in [6.07, 6.45) is 4.35. The molecule has 0 atom stereocenters. The van der Waals surface area contributed by atoms with Gasteiger partial charge in [0.2, 0.25) is 5.95 Å². The normalized spacial score (nSPS) is 10.5. The Morgan fingerprint density at radius 1 is 1.20 bits per heavy atom. The van der Waals surface area contributed by atoms with Crippen LogP contribution < -0.4 is 5.32 Å². The number of hydrogen-bond donors (Lipinski definition) is 1. The summed E-state index contributed by atoms with van der Waals surface area (Å²) in [4.78, 5) is 8.14. The molecule has 6 heteroatoms. The van der Waals surface area contributed by atoms with E-state index in [-0.39, 0.29) is 5.82 Å². The summed E-state index contributed by atoms with van der Waals surface area (Å²) in [6.45, 7) is 0.794. The van der Waals surface area contributed by atoms with Gasteiger partial charge in [-0.25, -0.2) is 14.4 Å². The minimum atomic E-state index is -0.235. The lowest BCUT2D eigenvalue weighted by atomic mass is 10.2. The van der Waals surface area contributed by atoms with Gasteiger partial charge in [0.25, 0.3) is 0 Å². The Morgan fingerprint density at radius 2 is 2.00 bits per heavy atom. The first-order valence-corrected chi connectivity index (χ1v) is 7.82. The summed E-state index contributed by atoms with van der Waals surface area (Å²) < 4.78 is 13.5. The topological polar surface area (TPSA) is 37.8 Å². The summed E-state index contributed by atoms with van der Waals surface area (Å²) in [5.41, 5.74) is 0.582.